The lowest BCUT2D eigenvalue weighted by Gasteiger charge is -2.20. The van der Waals surface area contributed by atoms with Gasteiger partial charge in [0.15, 0.2) is 11.0 Å². The number of carbonyl (C=O) groups is 1. The number of carbonyl (C=O) groups excluding carboxylic acids is 1. The maximum Gasteiger partial charge on any atom is 0.235 e. The molecule has 6 nitrogen and oxygen atoms in total. The molecule has 1 saturated heterocycles. The maximum absolute atomic E-state index is 12.8. The van der Waals surface area contributed by atoms with Gasteiger partial charge < -0.3 is 4.90 Å². The van der Waals surface area contributed by atoms with Crippen molar-refractivity contribution in [3.8, 4) is 17.1 Å². The van der Waals surface area contributed by atoms with Crippen molar-refractivity contribution < 1.29 is 4.79 Å². The highest BCUT2D eigenvalue weighted by Gasteiger charge is 2.27. The Balaban J connectivity index is 1.72. The molecule has 0 saturated carbocycles. The van der Waals surface area contributed by atoms with Crippen molar-refractivity contribution in [3.05, 3.63) is 53.9 Å². The molecular weight excluding hydrogens is 382 g/mol. The van der Waals surface area contributed by atoms with E-state index < -0.39 is 0 Å². The fourth-order valence-corrected chi connectivity index (χ4v) is 4.49. The summed E-state index contributed by atoms with van der Waals surface area (Å²) in [7, 11) is 0. The van der Waals surface area contributed by atoms with Crippen LogP contribution in [0, 0.1) is 13.8 Å². The summed E-state index contributed by atoms with van der Waals surface area (Å²) in [5.74, 6) is 0.923. The van der Waals surface area contributed by atoms with Gasteiger partial charge in [-0.3, -0.25) is 14.3 Å². The third-order valence-electron chi connectivity index (χ3n) is 5.37. The van der Waals surface area contributed by atoms with Crippen molar-refractivity contribution in [1.82, 2.24) is 24.6 Å². The summed E-state index contributed by atoms with van der Waals surface area (Å²) >= 11 is 1.47. The van der Waals surface area contributed by atoms with E-state index >= 15 is 0 Å². The number of likely N-dealkylation sites (tertiary alicyclic amines) is 1. The number of hydrogen-bond acceptors (Lipinski definition) is 5. The SMILES string of the molecule is Cc1ccc(-n2c(SC(C)C(=O)N3CCCC3)nnc2-c2ccncc2)cc1C. The van der Waals surface area contributed by atoms with Crippen molar-refractivity contribution >= 4 is 17.7 Å². The molecule has 4 rings (SSSR count). The molecule has 7 heteroatoms. The quantitative estimate of drug-likeness (QED) is 0.597. The molecular formula is C22H25N5OS. The standard InChI is InChI=1S/C22H25N5OS/c1-15-6-7-19(14-16(15)2)27-20(18-8-10-23-11-9-18)24-25-22(27)29-17(3)21(28)26-12-4-5-13-26/h6-11,14,17H,4-5,12-13H2,1-3H3. The topological polar surface area (TPSA) is 63.9 Å². The van der Waals surface area contributed by atoms with Crippen LogP contribution in [0.2, 0.25) is 0 Å². The Morgan fingerprint density at radius 2 is 1.76 bits per heavy atom. The normalized spacial score (nSPS) is 14.9. The Hall–Kier alpha value is -2.67. The number of amides is 1. The minimum Gasteiger partial charge on any atom is -0.342 e. The van der Waals surface area contributed by atoms with Crippen LogP contribution in [-0.2, 0) is 4.79 Å². The Morgan fingerprint density at radius 1 is 1.03 bits per heavy atom. The van der Waals surface area contributed by atoms with Gasteiger partial charge in [-0.2, -0.15) is 0 Å². The molecule has 0 N–H and O–H groups in total. The molecule has 3 aromatic rings. The average Bonchev–Trinajstić information content (AvgIpc) is 3.40. The molecule has 3 heterocycles. The summed E-state index contributed by atoms with van der Waals surface area (Å²) in [6.07, 6.45) is 5.68. The summed E-state index contributed by atoms with van der Waals surface area (Å²) in [6, 6.07) is 10.2. The minimum absolute atomic E-state index is 0.174. The van der Waals surface area contributed by atoms with E-state index in [-0.39, 0.29) is 11.2 Å². The highest BCUT2D eigenvalue weighted by molar-refractivity contribution is 8.00. The zero-order valence-electron chi connectivity index (χ0n) is 17.0. The van der Waals surface area contributed by atoms with E-state index in [2.05, 4.69) is 47.2 Å². The van der Waals surface area contributed by atoms with Gasteiger partial charge in [0.2, 0.25) is 5.91 Å². The summed E-state index contributed by atoms with van der Waals surface area (Å²) in [6.45, 7) is 7.87. The molecule has 1 fully saturated rings. The number of thioether (sulfide) groups is 1. The molecule has 1 aromatic carbocycles. The second kappa shape index (κ2) is 8.37. The van der Waals surface area contributed by atoms with Gasteiger partial charge in [-0.05, 0) is 69.0 Å². The van der Waals surface area contributed by atoms with E-state index in [1.165, 1.54) is 22.9 Å². The number of benzene rings is 1. The van der Waals surface area contributed by atoms with Crippen LogP contribution in [-0.4, -0.2) is 48.9 Å². The van der Waals surface area contributed by atoms with Crippen molar-refractivity contribution in [1.29, 1.82) is 0 Å². The van der Waals surface area contributed by atoms with Gasteiger partial charge in [-0.15, -0.1) is 10.2 Å². The molecule has 1 unspecified atom stereocenters. The van der Waals surface area contributed by atoms with Crippen LogP contribution in [0.5, 0.6) is 0 Å². The Morgan fingerprint density at radius 3 is 2.45 bits per heavy atom. The molecule has 0 aliphatic carbocycles. The van der Waals surface area contributed by atoms with Gasteiger partial charge >= 0.3 is 0 Å². The summed E-state index contributed by atoms with van der Waals surface area (Å²) < 4.78 is 2.04. The van der Waals surface area contributed by atoms with E-state index in [9.17, 15) is 4.79 Å². The fourth-order valence-electron chi connectivity index (χ4n) is 3.53. The summed E-state index contributed by atoms with van der Waals surface area (Å²) in [5.41, 5.74) is 4.37. The maximum atomic E-state index is 12.8. The van der Waals surface area contributed by atoms with E-state index in [1.807, 2.05) is 28.5 Å². The molecule has 1 atom stereocenters. The van der Waals surface area contributed by atoms with Crippen LogP contribution in [0.1, 0.15) is 30.9 Å². The van der Waals surface area contributed by atoms with Crippen LogP contribution in [0.25, 0.3) is 17.1 Å². The number of aryl methyl sites for hydroxylation is 2. The lowest BCUT2D eigenvalue weighted by molar-refractivity contribution is -0.129. The zero-order chi connectivity index (χ0) is 20.4. The van der Waals surface area contributed by atoms with Gasteiger partial charge in [-0.25, -0.2) is 0 Å². The van der Waals surface area contributed by atoms with Gasteiger partial charge in [0, 0.05) is 31.0 Å². The number of pyridine rings is 1. The predicted octanol–water partition coefficient (Wildman–Crippen LogP) is 4.05. The molecule has 1 aliphatic rings. The largest absolute Gasteiger partial charge is 0.342 e. The summed E-state index contributed by atoms with van der Waals surface area (Å²) in [4.78, 5) is 18.9. The monoisotopic (exact) mass is 407 g/mol. The van der Waals surface area contributed by atoms with Crippen LogP contribution in [0.3, 0.4) is 0 Å². The molecule has 0 radical (unpaired) electrons. The van der Waals surface area contributed by atoms with Crippen molar-refractivity contribution in [2.45, 2.75) is 44.0 Å². The minimum atomic E-state index is -0.215. The molecule has 150 valence electrons. The first-order valence-electron chi connectivity index (χ1n) is 9.93. The van der Waals surface area contributed by atoms with E-state index in [0.29, 0.717) is 0 Å². The highest BCUT2D eigenvalue weighted by atomic mass is 32.2. The molecule has 29 heavy (non-hydrogen) atoms. The third kappa shape index (κ3) is 4.05. The van der Waals surface area contributed by atoms with Crippen molar-refractivity contribution in [2.24, 2.45) is 0 Å². The van der Waals surface area contributed by atoms with E-state index in [4.69, 9.17) is 0 Å². The predicted molar refractivity (Wildman–Crippen MR) is 115 cm³/mol. The van der Waals surface area contributed by atoms with Gasteiger partial charge in [-0.1, -0.05) is 17.8 Å². The molecule has 1 amide bonds. The smallest absolute Gasteiger partial charge is 0.235 e. The highest BCUT2D eigenvalue weighted by Crippen LogP contribution is 2.31. The van der Waals surface area contributed by atoms with Crippen LogP contribution in [0.4, 0.5) is 0 Å². The number of hydrogen-bond donors (Lipinski definition) is 0. The first kappa shape index (κ1) is 19.6. The van der Waals surface area contributed by atoms with Crippen LogP contribution >= 0.6 is 11.8 Å². The lowest BCUT2D eigenvalue weighted by Crippen LogP contribution is -2.34. The first-order chi connectivity index (χ1) is 14.0. The zero-order valence-corrected chi connectivity index (χ0v) is 17.8. The Kier molecular flexibility index (Phi) is 5.67. The summed E-state index contributed by atoms with van der Waals surface area (Å²) in [5, 5.41) is 9.43. The number of nitrogens with zero attached hydrogens (tertiary/aromatic N) is 5. The molecule has 2 aromatic heterocycles. The van der Waals surface area contributed by atoms with Gasteiger partial charge in [0.25, 0.3) is 0 Å². The molecule has 0 spiro atoms. The van der Waals surface area contributed by atoms with Crippen molar-refractivity contribution in [3.63, 3.8) is 0 Å². The fraction of sp³-hybridized carbons (Fsp3) is 0.364. The second-order valence-corrected chi connectivity index (χ2v) is 8.75. The lowest BCUT2D eigenvalue weighted by atomic mass is 10.1. The first-order valence-corrected chi connectivity index (χ1v) is 10.8. The van der Waals surface area contributed by atoms with E-state index in [1.54, 1.807) is 12.4 Å². The van der Waals surface area contributed by atoms with Crippen LogP contribution < -0.4 is 0 Å². The second-order valence-electron chi connectivity index (χ2n) is 7.44. The van der Waals surface area contributed by atoms with E-state index in [0.717, 1.165) is 48.2 Å². The van der Waals surface area contributed by atoms with Crippen LogP contribution in [0.15, 0.2) is 47.9 Å². The molecule has 1 aliphatic heterocycles. The Labute approximate surface area is 175 Å². The number of rotatable bonds is 5. The Bertz CT molecular complexity index is 1010. The van der Waals surface area contributed by atoms with Crippen molar-refractivity contribution in [2.75, 3.05) is 13.1 Å². The number of aromatic nitrogens is 4. The average molecular weight is 408 g/mol. The van der Waals surface area contributed by atoms with Gasteiger partial charge in [0.1, 0.15) is 0 Å². The van der Waals surface area contributed by atoms with Gasteiger partial charge in [0.05, 0.1) is 10.9 Å². The third-order valence-corrected chi connectivity index (χ3v) is 6.40. The molecule has 0 bridgehead atoms.